The van der Waals surface area contributed by atoms with Crippen LogP contribution >= 0.6 is 11.5 Å². The highest BCUT2D eigenvalue weighted by Crippen LogP contribution is 2.40. The van der Waals surface area contributed by atoms with Crippen LogP contribution in [0.4, 0.5) is 0 Å². The number of aryl methyl sites for hydroxylation is 3. The fourth-order valence-electron chi connectivity index (χ4n) is 3.58. The number of rotatable bonds is 1. The summed E-state index contributed by atoms with van der Waals surface area (Å²) in [5.41, 5.74) is 3.12. The van der Waals surface area contributed by atoms with Gasteiger partial charge in [-0.05, 0) is 49.7 Å². The Bertz CT molecular complexity index is 743. The van der Waals surface area contributed by atoms with E-state index in [1.165, 1.54) is 17.1 Å². The smallest absolute Gasteiger partial charge is 0.267 e. The molecule has 0 saturated carbocycles. The minimum Gasteiger partial charge on any atom is -0.337 e. The summed E-state index contributed by atoms with van der Waals surface area (Å²) < 4.78 is 3.88. The van der Waals surface area contributed by atoms with Crippen molar-refractivity contribution in [3.63, 3.8) is 0 Å². The highest BCUT2D eigenvalue weighted by molar-refractivity contribution is 7.07. The van der Waals surface area contributed by atoms with Crippen LogP contribution in [-0.2, 0) is 6.42 Å². The molecule has 1 amide bonds. The molecule has 1 fully saturated rings. The first-order valence-corrected chi connectivity index (χ1v) is 8.31. The van der Waals surface area contributed by atoms with Crippen molar-refractivity contribution in [2.45, 2.75) is 32.6 Å². The summed E-state index contributed by atoms with van der Waals surface area (Å²) in [5, 5.41) is 3.95. The zero-order chi connectivity index (χ0) is 15.3. The molecule has 4 rings (SSSR count). The summed E-state index contributed by atoms with van der Waals surface area (Å²) in [7, 11) is 0. The summed E-state index contributed by atoms with van der Waals surface area (Å²) >= 11 is 1.19. The van der Waals surface area contributed by atoms with E-state index in [9.17, 15) is 4.79 Å². The van der Waals surface area contributed by atoms with Gasteiger partial charge in [0, 0.05) is 25.2 Å². The third-order valence-corrected chi connectivity index (χ3v) is 5.54. The van der Waals surface area contributed by atoms with Gasteiger partial charge in [-0.1, -0.05) is 4.49 Å². The Hall–Kier alpha value is -1.89. The van der Waals surface area contributed by atoms with Crippen LogP contribution in [0.5, 0.6) is 0 Å². The number of aromatic nitrogens is 4. The third kappa shape index (κ3) is 2.11. The Kier molecular flexibility index (Phi) is 3.18. The van der Waals surface area contributed by atoms with Gasteiger partial charge in [0.15, 0.2) is 0 Å². The summed E-state index contributed by atoms with van der Waals surface area (Å²) in [4.78, 5) is 24.3. The van der Waals surface area contributed by atoms with E-state index in [0.717, 1.165) is 43.1 Å². The monoisotopic (exact) mass is 315 g/mol. The molecule has 22 heavy (non-hydrogen) atoms. The number of fused-ring (bicyclic) bond motifs is 3. The number of nitrogens with zero attached hydrogens (tertiary/aromatic N) is 5. The van der Waals surface area contributed by atoms with Crippen LogP contribution < -0.4 is 0 Å². The lowest BCUT2D eigenvalue weighted by Gasteiger charge is -2.25. The van der Waals surface area contributed by atoms with Crippen LogP contribution in [0.3, 0.4) is 0 Å². The molecule has 0 spiro atoms. The van der Waals surface area contributed by atoms with Crippen molar-refractivity contribution in [3.8, 4) is 0 Å². The maximum Gasteiger partial charge on any atom is 0.267 e. The molecule has 1 saturated heterocycles. The molecular formula is C15H17N5OS. The highest BCUT2D eigenvalue weighted by atomic mass is 32.1. The molecular weight excluding hydrogens is 298 g/mol. The quantitative estimate of drug-likeness (QED) is 0.801. The van der Waals surface area contributed by atoms with Crippen LogP contribution in [0.15, 0.2) is 6.20 Å². The number of hydrogen-bond acceptors (Lipinski definition) is 6. The molecule has 2 aromatic rings. The van der Waals surface area contributed by atoms with Crippen LogP contribution in [0, 0.1) is 19.8 Å². The van der Waals surface area contributed by atoms with Gasteiger partial charge in [-0.3, -0.25) is 4.79 Å². The van der Waals surface area contributed by atoms with Gasteiger partial charge < -0.3 is 4.90 Å². The first-order valence-electron chi connectivity index (χ1n) is 7.54. The third-order valence-electron chi connectivity index (χ3n) is 4.73. The first-order chi connectivity index (χ1) is 10.6. The molecule has 0 radical (unpaired) electrons. The number of likely N-dealkylation sites (tertiary alicyclic amines) is 1. The lowest BCUT2D eigenvalue weighted by atomic mass is 9.80. The normalized spacial score (nSPS) is 23.3. The van der Waals surface area contributed by atoms with Gasteiger partial charge in [-0.2, -0.15) is 0 Å². The number of hydrogen-bond donors (Lipinski definition) is 0. The molecule has 6 nitrogen and oxygen atoms in total. The first kappa shape index (κ1) is 13.8. The van der Waals surface area contributed by atoms with Crippen molar-refractivity contribution >= 4 is 17.4 Å². The molecule has 2 atom stereocenters. The van der Waals surface area contributed by atoms with E-state index in [0.29, 0.717) is 16.7 Å². The van der Waals surface area contributed by atoms with Gasteiger partial charge in [-0.15, -0.1) is 5.10 Å². The average molecular weight is 315 g/mol. The van der Waals surface area contributed by atoms with Crippen molar-refractivity contribution in [1.82, 2.24) is 24.5 Å². The Morgan fingerprint density at radius 3 is 3.00 bits per heavy atom. The van der Waals surface area contributed by atoms with Crippen molar-refractivity contribution < 1.29 is 4.79 Å². The number of amides is 1. The van der Waals surface area contributed by atoms with E-state index >= 15 is 0 Å². The second-order valence-corrected chi connectivity index (χ2v) is 6.88. The largest absolute Gasteiger partial charge is 0.337 e. The topological polar surface area (TPSA) is 71.9 Å². The predicted molar refractivity (Wildman–Crippen MR) is 81.9 cm³/mol. The van der Waals surface area contributed by atoms with Crippen LogP contribution in [-0.4, -0.2) is 43.5 Å². The molecule has 1 aliphatic heterocycles. The molecule has 7 heteroatoms. The number of carbonyl (C=O) groups is 1. The van der Waals surface area contributed by atoms with E-state index in [-0.39, 0.29) is 5.91 Å². The average Bonchev–Trinajstić information content (AvgIpc) is 3.12. The molecule has 1 aliphatic carbocycles. The lowest BCUT2D eigenvalue weighted by Crippen LogP contribution is -2.28. The van der Waals surface area contributed by atoms with E-state index in [1.54, 1.807) is 0 Å². The highest BCUT2D eigenvalue weighted by Gasteiger charge is 2.41. The van der Waals surface area contributed by atoms with Crippen LogP contribution in [0.1, 0.15) is 44.8 Å². The zero-order valence-corrected chi connectivity index (χ0v) is 13.4. The van der Waals surface area contributed by atoms with Gasteiger partial charge in [-0.25, -0.2) is 9.97 Å². The van der Waals surface area contributed by atoms with Crippen LogP contribution in [0.2, 0.25) is 0 Å². The van der Waals surface area contributed by atoms with Crippen molar-refractivity contribution in [2.75, 3.05) is 13.1 Å². The Morgan fingerprint density at radius 2 is 2.23 bits per heavy atom. The molecule has 3 heterocycles. The standard InChI is InChI=1S/C15H17N5OS/c1-8-14(22-19-18-8)15(21)20-6-11-4-3-10-5-16-9(2)17-13(10)12(11)7-20/h5,11-12H,3-4,6-7H2,1-2H3/t11-,12+/m1/s1. The van der Waals surface area contributed by atoms with Gasteiger partial charge in [0.2, 0.25) is 0 Å². The fraction of sp³-hybridized carbons (Fsp3) is 0.533. The molecule has 2 aliphatic rings. The minimum absolute atomic E-state index is 0.0641. The van der Waals surface area contributed by atoms with E-state index in [4.69, 9.17) is 0 Å². The van der Waals surface area contributed by atoms with Crippen molar-refractivity contribution in [1.29, 1.82) is 0 Å². The number of carbonyl (C=O) groups excluding carboxylic acids is 1. The lowest BCUT2D eigenvalue weighted by molar-refractivity contribution is 0.0789. The SMILES string of the molecule is Cc1ncc2c(n1)[C@H]1CN(C(=O)c3snnc3C)C[C@H]1CC2. The molecule has 0 N–H and O–H groups in total. The molecule has 2 aromatic heterocycles. The molecule has 0 bridgehead atoms. The maximum atomic E-state index is 12.7. The maximum absolute atomic E-state index is 12.7. The summed E-state index contributed by atoms with van der Waals surface area (Å²) in [5.74, 6) is 1.73. The van der Waals surface area contributed by atoms with Gasteiger partial charge in [0.25, 0.3) is 5.91 Å². The van der Waals surface area contributed by atoms with Gasteiger partial charge >= 0.3 is 0 Å². The second kappa shape index (κ2) is 5.08. The fourth-order valence-corrected chi connectivity index (χ4v) is 4.20. The molecule has 0 unspecified atom stereocenters. The zero-order valence-electron chi connectivity index (χ0n) is 12.6. The van der Waals surface area contributed by atoms with Gasteiger partial charge in [0.05, 0.1) is 11.4 Å². The molecule has 0 aromatic carbocycles. The van der Waals surface area contributed by atoms with E-state index in [2.05, 4.69) is 19.6 Å². The van der Waals surface area contributed by atoms with Gasteiger partial charge in [0.1, 0.15) is 10.7 Å². The Balaban J connectivity index is 1.62. The Labute approximate surface area is 132 Å². The van der Waals surface area contributed by atoms with Crippen molar-refractivity contribution in [3.05, 3.63) is 33.8 Å². The second-order valence-electron chi connectivity index (χ2n) is 6.13. The summed E-state index contributed by atoms with van der Waals surface area (Å²) in [6, 6.07) is 0. The Morgan fingerprint density at radius 1 is 1.36 bits per heavy atom. The summed E-state index contributed by atoms with van der Waals surface area (Å²) in [6.45, 7) is 5.31. The minimum atomic E-state index is 0.0641. The van der Waals surface area contributed by atoms with E-state index < -0.39 is 0 Å². The van der Waals surface area contributed by atoms with E-state index in [1.807, 2.05) is 24.9 Å². The molecule has 114 valence electrons. The van der Waals surface area contributed by atoms with Crippen LogP contribution in [0.25, 0.3) is 0 Å². The van der Waals surface area contributed by atoms with Crippen molar-refractivity contribution in [2.24, 2.45) is 5.92 Å². The predicted octanol–water partition coefficient (Wildman–Crippen LogP) is 1.75. The summed E-state index contributed by atoms with van der Waals surface area (Å²) in [6.07, 6.45) is 4.07.